The van der Waals surface area contributed by atoms with E-state index in [1.807, 2.05) is 0 Å². The number of carbonyl (C=O) groups is 1. The van der Waals surface area contributed by atoms with E-state index in [9.17, 15) is 0 Å². The number of likely N-dealkylation sites (tertiary alicyclic amines) is 1. The molecule has 1 atom stereocenters. The molecule has 0 spiro atoms. The Balaban J connectivity index is 0.000000251. The zero-order valence-electron chi connectivity index (χ0n) is 8.28. The van der Waals surface area contributed by atoms with Crippen LogP contribution < -0.4 is 0 Å². The molecule has 2 fully saturated rings. The molecule has 0 radical (unpaired) electrons. The van der Waals surface area contributed by atoms with Crippen LogP contribution in [0.4, 0.5) is 0 Å². The van der Waals surface area contributed by atoms with Gasteiger partial charge in [0.1, 0.15) is 0 Å². The van der Waals surface area contributed by atoms with Crippen molar-refractivity contribution in [3.05, 3.63) is 0 Å². The molecule has 0 bridgehead atoms. The molecule has 1 heterocycles. The molecule has 3 nitrogen and oxygen atoms in total. The van der Waals surface area contributed by atoms with Crippen LogP contribution in [0.3, 0.4) is 0 Å². The number of hydrogen-bond donors (Lipinski definition) is 1. The van der Waals surface area contributed by atoms with E-state index in [4.69, 9.17) is 9.90 Å². The van der Waals surface area contributed by atoms with Crippen molar-refractivity contribution in [2.24, 2.45) is 0 Å². The van der Waals surface area contributed by atoms with Crippen LogP contribution in [0.2, 0.25) is 0 Å². The predicted octanol–water partition coefficient (Wildman–Crippen LogP) is 0.830. The average Bonchev–Trinajstić information content (AvgIpc) is 2.56. The Bertz CT molecular complexity index is 160. The van der Waals surface area contributed by atoms with Gasteiger partial charge in [0.05, 0.1) is 0 Å². The first-order valence-electron chi connectivity index (χ1n) is 5.13. The fourth-order valence-corrected chi connectivity index (χ4v) is 2.31. The topological polar surface area (TPSA) is 40.5 Å². The van der Waals surface area contributed by atoms with E-state index in [1.54, 1.807) is 0 Å². The van der Waals surface area contributed by atoms with Gasteiger partial charge >= 0.3 is 72.0 Å². The van der Waals surface area contributed by atoms with E-state index in [0.29, 0.717) is 0 Å². The van der Waals surface area contributed by atoms with Gasteiger partial charge in [0, 0.05) is 0 Å². The van der Waals surface area contributed by atoms with Gasteiger partial charge in [-0.15, -0.1) is 0 Å². The zero-order chi connectivity index (χ0) is 9.68. The molecule has 1 aliphatic heterocycles. The first-order chi connectivity index (χ1) is 6.29. The van der Waals surface area contributed by atoms with Gasteiger partial charge in [0.25, 0.3) is 6.47 Å². The van der Waals surface area contributed by atoms with Crippen molar-refractivity contribution in [3.8, 4) is 0 Å². The molecule has 2 rings (SSSR count). The van der Waals surface area contributed by atoms with E-state index in [1.165, 1.54) is 38.6 Å². The van der Waals surface area contributed by atoms with Gasteiger partial charge in [-0.3, -0.25) is 4.79 Å². The summed E-state index contributed by atoms with van der Waals surface area (Å²) in [6, 6.07) is 0.976. The Morgan fingerprint density at radius 3 is 2.15 bits per heavy atom. The minimum absolute atomic E-state index is 0.250. The van der Waals surface area contributed by atoms with E-state index >= 15 is 0 Å². The number of hydrogen-bond acceptors (Lipinski definition) is 2. The molecule has 0 aromatic rings. The van der Waals surface area contributed by atoms with E-state index in [-0.39, 0.29) is 6.47 Å². The Hall–Kier alpha value is 0.0274. The summed E-state index contributed by atoms with van der Waals surface area (Å²) < 4.78 is 0.906. The molecule has 1 aliphatic carbocycles. The quantitative estimate of drug-likeness (QED) is 0.476. The van der Waals surface area contributed by atoms with E-state index < -0.39 is 0 Å². The third kappa shape index (κ3) is 3.02. The fraction of sp³-hybridized carbons (Fsp3) is 0.889. The Kier molecular flexibility index (Phi) is 4.86. The third-order valence-corrected chi connectivity index (χ3v) is 3.16. The summed E-state index contributed by atoms with van der Waals surface area (Å²) in [5, 5.41) is 6.89. The van der Waals surface area contributed by atoms with Crippen molar-refractivity contribution in [1.82, 2.24) is 4.90 Å². The van der Waals surface area contributed by atoms with Crippen LogP contribution in [0.15, 0.2) is 0 Å². The second kappa shape index (κ2) is 5.69. The summed E-state index contributed by atoms with van der Waals surface area (Å²) >= 11 is 2.36. The van der Waals surface area contributed by atoms with Crippen LogP contribution in [0.5, 0.6) is 0 Å². The van der Waals surface area contributed by atoms with Crippen LogP contribution in [0, 0.1) is 0 Å². The van der Waals surface area contributed by atoms with Gasteiger partial charge in [-0.1, -0.05) is 0 Å². The standard InChI is InChI=1S/C8H14N.CH2O2.Li/c1-2-5-8(4-1)9-6-3-7-9;2-1-3;/h6,8H,1-5,7H2;1H,(H,2,3);. The van der Waals surface area contributed by atoms with Crippen LogP contribution in [0.1, 0.15) is 32.1 Å². The molecular formula is C9H16LiNO2. The summed E-state index contributed by atoms with van der Waals surface area (Å²) in [6.45, 7) is 1.13. The van der Waals surface area contributed by atoms with Gasteiger partial charge in [0.15, 0.2) is 0 Å². The van der Waals surface area contributed by atoms with Crippen molar-refractivity contribution in [2.75, 3.05) is 6.54 Å². The Morgan fingerprint density at radius 1 is 1.31 bits per heavy atom. The van der Waals surface area contributed by atoms with Crippen molar-refractivity contribution in [1.29, 1.82) is 0 Å². The first-order valence-corrected chi connectivity index (χ1v) is 5.13. The summed E-state index contributed by atoms with van der Waals surface area (Å²) in [5.41, 5.74) is 0. The minimum atomic E-state index is -0.250. The normalized spacial score (nSPS) is 28.9. The molecule has 1 saturated heterocycles. The van der Waals surface area contributed by atoms with Gasteiger partial charge in [-0.2, -0.15) is 0 Å². The SMILES string of the molecule is O=CO.[Li][CH]1CCN1C1CCCC1. The molecule has 0 aromatic heterocycles. The number of rotatable bonds is 1. The van der Waals surface area contributed by atoms with Crippen molar-refractivity contribution < 1.29 is 9.90 Å². The summed E-state index contributed by atoms with van der Waals surface area (Å²) in [4.78, 5) is 11.0. The molecule has 1 saturated carbocycles. The average molecular weight is 177 g/mol. The molecule has 4 heteroatoms. The number of nitrogens with zero attached hydrogens (tertiary/aromatic N) is 1. The van der Waals surface area contributed by atoms with Crippen LogP contribution in [0.25, 0.3) is 0 Å². The van der Waals surface area contributed by atoms with E-state index in [0.717, 1.165) is 10.8 Å². The maximum absolute atomic E-state index is 8.36. The molecule has 1 unspecified atom stereocenters. The third-order valence-electron chi connectivity index (χ3n) is 3.16. The molecule has 2 aliphatic rings. The first kappa shape index (κ1) is 11.1. The second-order valence-corrected chi connectivity index (χ2v) is 3.92. The van der Waals surface area contributed by atoms with Crippen LogP contribution >= 0.6 is 0 Å². The van der Waals surface area contributed by atoms with E-state index in [2.05, 4.69) is 22.6 Å². The monoisotopic (exact) mass is 177 g/mol. The van der Waals surface area contributed by atoms with Crippen molar-refractivity contribution in [3.63, 3.8) is 0 Å². The van der Waals surface area contributed by atoms with Gasteiger partial charge in [0.2, 0.25) is 0 Å². The van der Waals surface area contributed by atoms with Gasteiger partial charge < -0.3 is 5.11 Å². The maximum atomic E-state index is 8.36. The molecule has 0 aromatic carbocycles. The summed E-state index contributed by atoms with van der Waals surface area (Å²) in [7, 11) is 0. The Morgan fingerprint density at radius 2 is 1.85 bits per heavy atom. The Labute approximate surface area is 88.7 Å². The van der Waals surface area contributed by atoms with Crippen LogP contribution in [-0.4, -0.2) is 51.5 Å². The molecule has 70 valence electrons. The fourth-order valence-electron chi connectivity index (χ4n) is 2.31. The predicted molar refractivity (Wildman–Crippen MR) is 51.8 cm³/mol. The zero-order valence-corrected chi connectivity index (χ0v) is 8.28. The summed E-state index contributed by atoms with van der Waals surface area (Å²) in [6.07, 6.45) is 7.35. The van der Waals surface area contributed by atoms with Crippen LogP contribution in [-0.2, 0) is 4.79 Å². The van der Waals surface area contributed by atoms with Gasteiger partial charge in [-0.05, 0) is 0 Å². The second-order valence-electron chi connectivity index (χ2n) is 3.92. The summed E-state index contributed by atoms with van der Waals surface area (Å²) in [5.74, 6) is 0. The van der Waals surface area contributed by atoms with Gasteiger partial charge in [-0.25, -0.2) is 0 Å². The molecule has 13 heavy (non-hydrogen) atoms. The molecule has 1 N–H and O–H groups in total. The number of carboxylic acid groups (broad SMARTS) is 1. The molecule has 0 amide bonds. The van der Waals surface area contributed by atoms with Crippen molar-refractivity contribution in [2.45, 2.75) is 42.9 Å². The van der Waals surface area contributed by atoms with Crippen molar-refractivity contribution >= 4 is 24.2 Å². The molecular weight excluding hydrogens is 161 g/mol.